The Morgan fingerprint density at radius 1 is 0.960 bits per heavy atom. The van der Waals surface area contributed by atoms with E-state index in [9.17, 15) is 9.59 Å². The Kier molecular flexibility index (Phi) is 4.31. The first-order valence-corrected chi connectivity index (χ1v) is 8.13. The van der Waals surface area contributed by atoms with Crippen molar-refractivity contribution in [2.75, 3.05) is 5.32 Å². The predicted molar refractivity (Wildman–Crippen MR) is 99.6 cm³/mol. The second kappa shape index (κ2) is 6.43. The molecule has 0 atom stereocenters. The molecule has 1 heterocycles. The Labute approximate surface area is 146 Å². The Morgan fingerprint density at radius 2 is 1.64 bits per heavy atom. The van der Waals surface area contributed by atoms with E-state index in [0.717, 1.165) is 16.8 Å². The van der Waals surface area contributed by atoms with Crippen molar-refractivity contribution in [3.63, 3.8) is 0 Å². The Hall–Kier alpha value is -3.08. The number of benzene rings is 2. The van der Waals surface area contributed by atoms with Crippen LogP contribution in [0.3, 0.4) is 0 Å². The fourth-order valence-corrected chi connectivity index (χ4v) is 2.89. The first kappa shape index (κ1) is 16.8. The molecule has 1 amide bonds. The van der Waals surface area contributed by atoms with Gasteiger partial charge in [0.2, 0.25) is 0 Å². The monoisotopic (exact) mass is 335 g/mol. The van der Waals surface area contributed by atoms with Crippen LogP contribution in [0, 0.1) is 20.8 Å². The number of aryl methyl sites for hydroxylation is 1. The zero-order valence-corrected chi connectivity index (χ0v) is 14.8. The van der Waals surface area contributed by atoms with Gasteiger partial charge in [-0.3, -0.25) is 14.3 Å². The van der Waals surface area contributed by atoms with Crippen molar-refractivity contribution < 1.29 is 4.79 Å². The van der Waals surface area contributed by atoms with Crippen LogP contribution in [0.1, 0.15) is 27.2 Å². The number of carbonyl (C=O) groups excluding carboxylic acids is 1. The van der Waals surface area contributed by atoms with Gasteiger partial charge in [-0.05, 0) is 50.1 Å². The molecule has 0 fully saturated rings. The fourth-order valence-electron chi connectivity index (χ4n) is 2.89. The van der Waals surface area contributed by atoms with Crippen molar-refractivity contribution in [1.29, 1.82) is 0 Å². The highest BCUT2D eigenvalue weighted by molar-refractivity contribution is 6.05. The third-order valence-corrected chi connectivity index (χ3v) is 4.64. The van der Waals surface area contributed by atoms with E-state index < -0.39 is 0 Å². The second-order valence-corrected chi connectivity index (χ2v) is 6.14. The van der Waals surface area contributed by atoms with Gasteiger partial charge < -0.3 is 5.32 Å². The topological polar surface area (TPSA) is 56.0 Å². The average molecular weight is 335 g/mol. The molecule has 0 saturated heterocycles. The van der Waals surface area contributed by atoms with Crippen LogP contribution in [-0.4, -0.2) is 15.3 Å². The summed E-state index contributed by atoms with van der Waals surface area (Å²) < 4.78 is 3.30. The molecule has 5 nitrogen and oxygen atoms in total. The molecule has 1 aromatic heterocycles. The minimum atomic E-state index is -0.271. The van der Waals surface area contributed by atoms with Gasteiger partial charge in [0.15, 0.2) is 0 Å². The molecule has 0 bridgehead atoms. The third-order valence-electron chi connectivity index (χ3n) is 4.64. The molecule has 0 aliphatic carbocycles. The van der Waals surface area contributed by atoms with Gasteiger partial charge in [0, 0.05) is 12.6 Å². The van der Waals surface area contributed by atoms with Gasteiger partial charge in [-0.15, -0.1) is 0 Å². The molecule has 3 aromatic rings. The molecule has 0 unspecified atom stereocenters. The van der Waals surface area contributed by atoms with Crippen LogP contribution in [0.5, 0.6) is 0 Å². The van der Waals surface area contributed by atoms with E-state index in [-0.39, 0.29) is 11.5 Å². The molecule has 0 radical (unpaired) electrons. The maximum Gasteiger partial charge on any atom is 0.295 e. The summed E-state index contributed by atoms with van der Waals surface area (Å²) in [6.45, 7) is 5.69. The van der Waals surface area contributed by atoms with Crippen molar-refractivity contribution in [2.45, 2.75) is 20.8 Å². The number of hydrogen-bond acceptors (Lipinski definition) is 2. The first-order chi connectivity index (χ1) is 11.9. The Bertz CT molecular complexity index is 998. The van der Waals surface area contributed by atoms with Crippen LogP contribution in [0.25, 0.3) is 5.69 Å². The van der Waals surface area contributed by atoms with Gasteiger partial charge in [0.1, 0.15) is 5.69 Å². The predicted octanol–water partition coefficient (Wildman–Crippen LogP) is 3.35. The minimum absolute atomic E-state index is 0.246. The van der Waals surface area contributed by atoms with Crippen molar-refractivity contribution in [2.24, 2.45) is 7.05 Å². The number of para-hydroxylation sites is 1. The van der Waals surface area contributed by atoms with E-state index in [1.807, 2.05) is 63.2 Å². The zero-order valence-electron chi connectivity index (χ0n) is 14.8. The van der Waals surface area contributed by atoms with Gasteiger partial charge >= 0.3 is 0 Å². The van der Waals surface area contributed by atoms with E-state index in [1.54, 1.807) is 22.5 Å². The van der Waals surface area contributed by atoms with Gasteiger partial charge in [0.25, 0.3) is 11.5 Å². The summed E-state index contributed by atoms with van der Waals surface area (Å²) in [6.07, 6.45) is 0. The highest BCUT2D eigenvalue weighted by Crippen LogP contribution is 2.17. The van der Waals surface area contributed by atoms with Crippen LogP contribution in [-0.2, 0) is 7.05 Å². The van der Waals surface area contributed by atoms with Crippen LogP contribution >= 0.6 is 0 Å². The standard InChI is InChI=1S/C20H21N3O2/c1-13-9-8-12-17(14(13)2)19(24)21-18-15(3)22(4)23(20(18)25)16-10-6-5-7-11-16/h5-12H,1-4H3,(H,21,24). The van der Waals surface area contributed by atoms with Crippen LogP contribution < -0.4 is 10.9 Å². The zero-order chi connectivity index (χ0) is 18.1. The first-order valence-electron chi connectivity index (χ1n) is 8.13. The van der Waals surface area contributed by atoms with Gasteiger partial charge in [-0.25, -0.2) is 4.68 Å². The quantitative estimate of drug-likeness (QED) is 0.798. The lowest BCUT2D eigenvalue weighted by Crippen LogP contribution is -2.23. The molecule has 0 aliphatic rings. The van der Waals surface area contributed by atoms with Crippen molar-refractivity contribution >= 4 is 11.6 Å². The summed E-state index contributed by atoms with van der Waals surface area (Å²) in [5, 5.41) is 2.80. The summed E-state index contributed by atoms with van der Waals surface area (Å²) in [4.78, 5) is 25.5. The van der Waals surface area contributed by atoms with Gasteiger partial charge in [0.05, 0.1) is 11.4 Å². The third kappa shape index (κ3) is 2.89. The lowest BCUT2D eigenvalue weighted by atomic mass is 10.0. The summed E-state index contributed by atoms with van der Waals surface area (Å²) >= 11 is 0. The number of rotatable bonds is 3. The van der Waals surface area contributed by atoms with Crippen LogP contribution in [0.4, 0.5) is 5.69 Å². The maximum atomic E-state index is 12.9. The SMILES string of the molecule is Cc1cccc(C(=O)Nc2c(C)n(C)n(-c3ccccc3)c2=O)c1C. The summed E-state index contributed by atoms with van der Waals surface area (Å²) in [5.41, 5.74) is 4.05. The number of aromatic nitrogens is 2. The molecule has 5 heteroatoms. The smallest absolute Gasteiger partial charge is 0.295 e. The molecular weight excluding hydrogens is 314 g/mol. The van der Waals surface area contributed by atoms with Crippen LogP contribution in [0.2, 0.25) is 0 Å². The number of amides is 1. The Balaban J connectivity index is 2.03. The second-order valence-electron chi connectivity index (χ2n) is 6.14. The highest BCUT2D eigenvalue weighted by atomic mass is 16.2. The minimum Gasteiger partial charge on any atom is -0.316 e. The summed E-state index contributed by atoms with van der Waals surface area (Å²) in [6, 6.07) is 14.9. The molecule has 128 valence electrons. The van der Waals surface area contributed by atoms with Crippen molar-refractivity contribution in [3.05, 3.63) is 81.3 Å². The van der Waals surface area contributed by atoms with E-state index in [4.69, 9.17) is 0 Å². The number of nitrogens with one attached hydrogen (secondary N) is 1. The molecule has 0 aliphatic heterocycles. The largest absolute Gasteiger partial charge is 0.316 e. The summed E-state index contributed by atoms with van der Waals surface area (Å²) in [5.74, 6) is -0.271. The molecular formula is C20H21N3O2. The highest BCUT2D eigenvalue weighted by Gasteiger charge is 2.19. The molecule has 1 N–H and O–H groups in total. The van der Waals surface area contributed by atoms with E-state index in [2.05, 4.69) is 5.32 Å². The fraction of sp³-hybridized carbons (Fsp3) is 0.200. The van der Waals surface area contributed by atoms with Crippen molar-refractivity contribution in [1.82, 2.24) is 9.36 Å². The van der Waals surface area contributed by atoms with Gasteiger partial charge in [-0.1, -0.05) is 30.3 Å². The number of carbonyl (C=O) groups is 1. The molecule has 0 saturated carbocycles. The normalized spacial score (nSPS) is 10.7. The average Bonchev–Trinajstić information content (AvgIpc) is 2.81. The molecule has 0 spiro atoms. The molecule has 3 rings (SSSR count). The van der Waals surface area contributed by atoms with E-state index in [0.29, 0.717) is 16.9 Å². The number of anilines is 1. The lowest BCUT2D eigenvalue weighted by Gasteiger charge is -2.08. The lowest BCUT2D eigenvalue weighted by molar-refractivity contribution is 0.102. The van der Waals surface area contributed by atoms with Crippen molar-refractivity contribution in [3.8, 4) is 5.69 Å². The van der Waals surface area contributed by atoms with Gasteiger partial charge in [-0.2, -0.15) is 0 Å². The summed E-state index contributed by atoms with van der Waals surface area (Å²) in [7, 11) is 1.80. The number of nitrogens with zero attached hydrogens (tertiary/aromatic N) is 2. The molecule has 25 heavy (non-hydrogen) atoms. The maximum absolute atomic E-state index is 12.9. The number of hydrogen-bond donors (Lipinski definition) is 1. The van der Waals surface area contributed by atoms with E-state index >= 15 is 0 Å². The van der Waals surface area contributed by atoms with Crippen LogP contribution in [0.15, 0.2) is 53.3 Å². The molecule has 2 aromatic carbocycles. The Morgan fingerprint density at radius 3 is 2.32 bits per heavy atom. The van der Waals surface area contributed by atoms with E-state index in [1.165, 1.54) is 0 Å².